The van der Waals surface area contributed by atoms with E-state index in [1.54, 1.807) is 0 Å². The molecular formula is C20H39B5O10. The number of fused-ring (bicyclic) bond motifs is 2. The standard InChI is InChI=1S/C20H39B5O10/c1-6-21(26-11-15-19-17(32-24(9-4)34-19)13-28-22(7-2)30-15)27-12-16-20-18(33-25(10-5)35-20)14-29-23(8-3)31-16/h15-20H,6-14H2,1-5H3/t15-,16-,17+,18+,19-,20-/m1/s1. The lowest BCUT2D eigenvalue weighted by Crippen LogP contribution is -2.44. The van der Waals surface area contributed by atoms with Gasteiger partial charge in [-0.1, -0.05) is 34.6 Å². The van der Waals surface area contributed by atoms with Crippen LogP contribution < -0.4 is 0 Å². The van der Waals surface area contributed by atoms with Crippen molar-refractivity contribution >= 4 is 35.6 Å². The molecule has 4 fully saturated rings. The van der Waals surface area contributed by atoms with Crippen molar-refractivity contribution in [3.63, 3.8) is 0 Å². The lowest BCUT2D eigenvalue weighted by molar-refractivity contribution is -0.00653. The van der Waals surface area contributed by atoms with Gasteiger partial charge >= 0.3 is 35.6 Å². The number of hydrogen-bond donors (Lipinski definition) is 0. The van der Waals surface area contributed by atoms with Gasteiger partial charge in [0.1, 0.15) is 0 Å². The number of rotatable bonds is 11. The highest BCUT2D eigenvalue weighted by Gasteiger charge is 2.48. The Morgan fingerprint density at radius 1 is 0.600 bits per heavy atom. The van der Waals surface area contributed by atoms with Gasteiger partial charge in [0, 0.05) is 0 Å². The summed E-state index contributed by atoms with van der Waals surface area (Å²) in [5.41, 5.74) is 0. The Morgan fingerprint density at radius 3 is 1.40 bits per heavy atom. The highest BCUT2D eigenvalue weighted by molar-refractivity contribution is 6.46. The van der Waals surface area contributed by atoms with Gasteiger partial charge in [-0.25, -0.2) is 0 Å². The van der Waals surface area contributed by atoms with Gasteiger partial charge in [0.05, 0.1) is 63.1 Å². The summed E-state index contributed by atoms with van der Waals surface area (Å²) in [6.45, 7) is 11.7. The van der Waals surface area contributed by atoms with Crippen molar-refractivity contribution in [2.75, 3.05) is 26.4 Å². The summed E-state index contributed by atoms with van der Waals surface area (Å²) in [6, 6.07) is 0. The second-order valence-corrected chi connectivity index (χ2v) is 9.42. The van der Waals surface area contributed by atoms with Crippen molar-refractivity contribution in [2.45, 2.75) is 103 Å². The zero-order chi connectivity index (χ0) is 24.8. The van der Waals surface area contributed by atoms with Crippen LogP contribution in [0.1, 0.15) is 34.6 Å². The minimum absolute atomic E-state index is 0.167. The zero-order valence-electron chi connectivity index (χ0n) is 21.8. The van der Waals surface area contributed by atoms with Crippen LogP contribution in [-0.2, 0) is 46.5 Å². The molecule has 0 unspecified atom stereocenters. The Labute approximate surface area is 211 Å². The van der Waals surface area contributed by atoms with E-state index in [0.717, 1.165) is 25.3 Å². The van der Waals surface area contributed by atoms with E-state index in [0.29, 0.717) is 32.7 Å². The number of hydrogen-bond acceptors (Lipinski definition) is 10. The topological polar surface area (TPSA) is 92.3 Å². The van der Waals surface area contributed by atoms with Crippen LogP contribution in [-0.4, -0.2) is 98.6 Å². The summed E-state index contributed by atoms with van der Waals surface area (Å²) in [7, 11) is -1.54. The van der Waals surface area contributed by atoms with Crippen LogP contribution in [0, 0.1) is 0 Å². The third kappa shape index (κ3) is 7.07. The second-order valence-electron chi connectivity index (χ2n) is 9.42. The molecule has 4 saturated heterocycles. The van der Waals surface area contributed by atoms with E-state index in [-0.39, 0.29) is 65.1 Å². The molecule has 0 saturated carbocycles. The quantitative estimate of drug-likeness (QED) is 0.398. The van der Waals surface area contributed by atoms with Gasteiger partial charge in [-0.05, 0) is 31.6 Å². The van der Waals surface area contributed by atoms with Crippen molar-refractivity contribution in [3.8, 4) is 0 Å². The van der Waals surface area contributed by atoms with Gasteiger partial charge in [0.25, 0.3) is 0 Å². The molecule has 0 amide bonds. The lowest BCUT2D eigenvalue weighted by Gasteiger charge is -2.28. The summed E-state index contributed by atoms with van der Waals surface area (Å²) in [6.07, 6.45) is 2.27. The van der Waals surface area contributed by atoms with E-state index >= 15 is 0 Å². The van der Waals surface area contributed by atoms with Crippen LogP contribution in [0.25, 0.3) is 0 Å². The Balaban J connectivity index is 1.33. The van der Waals surface area contributed by atoms with Crippen LogP contribution in [0.5, 0.6) is 0 Å². The van der Waals surface area contributed by atoms with Gasteiger partial charge in [0.2, 0.25) is 0 Å². The molecular weight excluding hydrogens is 454 g/mol. The van der Waals surface area contributed by atoms with E-state index < -0.39 is 7.12 Å². The maximum atomic E-state index is 6.20. The molecule has 0 bridgehead atoms. The van der Waals surface area contributed by atoms with Crippen LogP contribution in [0.3, 0.4) is 0 Å². The van der Waals surface area contributed by atoms with Gasteiger partial charge in [0.15, 0.2) is 0 Å². The average Bonchev–Trinajstić information content (AvgIpc) is 3.41. The first kappa shape index (κ1) is 27.9. The third-order valence-corrected chi connectivity index (χ3v) is 6.84. The van der Waals surface area contributed by atoms with Gasteiger partial charge < -0.3 is 46.5 Å². The summed E-state index contributed by atoms with van der Waals surface area (Å²) >= 11 is 0. The van der Waals surface area contributed by atoms with Crippen molar-refractivity contribution in [2.24, 2.45) is 0 Å². The molecule has 0 aromatic heterocycles. The minimum atomic E-state index is -0.429. The fourth-order valence-corrected chi connectivity index (χ4v) is 4.85. The highest BCUT2D eigenvalue weighted by Crippen LogP contribution is 2.29. The normalized spacial score (nSPS) is 33.5. The van der Waals surface area contributed by atoms with Crippen LogP contribution in [0.2, 0.25) is 31.6 Å². The first-order valence-electron chi connectivity index (χ1n) is 13.5. The monoisotopic (exact) mass is 494 g/mol. The fourth-order valence-electron chi connectivity index (χ4n) is 4.85. The third-order valence-electron chi connectivity index (χ3n) is 6.84. The molecule has 4 heterocycles. The maximum Gasteiger partial charge on any atom is 0.457 e. The molecule has 0 N–H and O–H groups in total. The largest absolute Gasteiger partial charge is 0.457 e. The van der Waals surface area contributed by atoms with Gasteiger partial charge in [-0.15, -0.1) is 0 Å². The van der Waals surface area contributed by atoms with Crippen molar-refractivity contribution in [1.29, 1.82) is 0 Å². The van der Waals surface area contributed by atoms with E-state index in [1.165, 1.54) is 0 Å². The van der Waals surface area contributed by atoms with E-state index in [2.05, 4.69) is 0 Å². The summed E-state index contributed by atoms with van der Waals surface area (Å²) in [4.78, 5) is 0. The molecule has 194 valence electrons. The molecule has 35 heavy (non-hydrogen) atoms. The summed E-state index contributed by atoms with van der Waals surface area (Å²) in [5, 5.41) is 0. The molecule has 0 spiro atoms. The molecule has 0 aromatic carbocycles. The van der Waals surface area contributed by atoms with Crippen molar-refractivity contribution in [1.82, 2.24) is 0 Å². The van der Waals surface area contributed by atoms with E-state index in [1.807, 2.05) is 34.6 Å². The molecule has 4 rings (SSSR count). The molecule has 4 aliphatic heterocycles. The molecule has 10 nitrogen and oxygen atoms in total. The second kappa shape index (κ2) is 13.6. The molecule has 0 radical (unpaired) electrons. The average molecular weight is 494 g/mol. The molecule has 15 heteroatoms. The summed E-state index contributed by atoms with van der Waals surface area (Å²) < 4.78 is 60.7. The van der Waals surface area contributed by atoms with Crippen molar-refractivity contribution in [3.05, 3.63) is 0 Å². The van der Waals surface area contributed by atoms with E-state index in [9.17, 15) is 0 Å². The predicted molar refractivity (Wildman–Crippen MR) is 134 cm³/mol. The van der Waals surface area contributed by atoms with Crippen LogP contribution in [0.4, 0.5) is 0 Å². The Bertz CT molecular complexity index is 591. The molecule has 0 aromatic rings. The summed E-state index contributed by atoms with van der Waals surface area (Å²) in [5.74, 6) is 0. The lowest BCUT2D eigenvalue weighted by atomic mass is 9.84. The van der Waals surface area contributed by atoms with Crippen molar-refractivity contribution < 1.29 is 46.5 Å². The van der Waals surface area contributed by atoms with Crippen LogP contribution in [0.15, 0.2) is 0 Å². The highest BCUT2D eigenvalue weighted by atomic mass is 16.7. The molecule has 0 aliphatic carbocycles. The van der Waals surface area contributed by atoms with Gasteiger partial charge in [-0.3, -0.25) is 0 Å². The molecule has 6 atom stereocenters. The predicted octanol–water partition coefficient (Wildman–Crippen LogP) is 1.96. The fraction of sp³-hybridized carbons (Fsp3) is 1.00. The maximum absolute atomic E-state index is 6.20. The Kier molecular flexibility index (Phi) is 10.9. The SMILES string of the molecule is CCB(OC[C@H]1OB(CC)OC[C@@H]2OB(CC)O[C@@H]21)OC[C@H]1OB(CC)OC[C@@H]2OB(CC)O[C@@H]21. The first-order chi connectivity index (χ1) is 17.1. The zero-order valence-corrected chi connectivity index (χ0v) is 21.8. The Hall–Kier alpha value is -0.0753. The first-order valence-corrected chi connectivity index (χ1v) is 13.5. The van der Waals surface area contributed by atoms with Crippen LogP contribution >= 0.6 is 0 Å². The molecule has 4 aliphatic rings. The Morgan fingerprint density at radius 2 is 1.03 bits per heavy atom. The van der Waals surface area contributed by atoms with E-state index in [4.69, 9.17) is 46.5 Å². The van der Waals surface area contributed by atoms with Gasteiger partial charge in [-0.2, -0.15) is 0 Å². The smallest absolute Gasteiger partial charge is 0.408 e. The minimum Gasteiger partial charge on any atom is -0.408 e.